The van der Waals surface area contributed by atoms with Gasteiger partial charge >= 0.3 is 5.97 Å². The molecule has 1 aromatic carbocycles. The number of carbonyl (C=O) groups is 3. The molecular weight excluding hydrogens is 368 g/mol. The van der Waals surface area contributed by atoms with Crippen LogP contribution in [-0.4, -0.2) is 72.3 Å². The van der Waals surface area contributed by atoms with Crippen LogP contribution in [0.1, 0.15) is 18.4 Å². The number of benzene rings is 1. The van der Waals surface area contributed by atoms with E-state index in [0.717, 1.165) is 5.56 Å². The summed E-state index contributed by atoms with van der Waals surface area (Å²) in [5.41, 5.74) is 1.03. The summed E-state index contributed by atoms with van der Waals surface area (Å²) < 4.78 is 10.5. The highest BCUT2D eigenvalue weighted by Gasteiger charge is 2.57. The average molecular weight is 390 g/mol. The summed E-state index contributed by atoms with van der Waals surface area (Å²) in [7, 11) is 0. The number of amides is 2. The second-order valence-corrected chi connectivity index (χ2v) is 8.14. The van der Waals surface area contributed by atoms with E-state index >= 15 is 0 Å². The van der Waals surface area contributed by atoms with Crippen molar-refractivity contribution in [3.8, 4) is 0 Å². The van der Waals surface area contributed by atoms with Crippen molar-refractivity contribution in [1.82, 2.24) is 9.80 Å². The van der Waals surface area contributed by atoms with Gasteiger partial charge in [0, 0.05) is 25.3 Å². The smallest absolute Gasteiger partial charge is 0.330 e. The van der Waals surface area contributed by atoms with Gasteiger partial charge in [0.05, 0.1) is 13.2 Å². The second-order valence-electron chi connectivity index (χ2n) is 6.84. The van der Waals surface area contributed by atoms with E-state index in [1.807, 2.05) is 30.3 Å². The Hall–Kier alpha value is -2.06. The molecule has 3 aliphatic heterocycles. The molecule has 2 amide bonds. The van der Waals surface area contributed by atoms with Crippen molar-refractivity contribution in [1.29, 1.82) is 0 Å². The van der Waals surface area contributed by atoms with Crippen LogP contribution in [0, 0.1) is 0 Å². The van der Waals surface area contributed by atoms with Gasteiger partial charge in [-0.25, -0.2) is 4.79 Å². The Bertz CT molecular complexity index is 737. The van der Waals surface area contributed by atoms with Gasteiger partial charge in [-0.05, 0) is 12.0 Å². The Balaban J connectivity index is 1.44. The lowest BCUT2D eigenvalue weighted by Gasteiger charge is -2.33. The number of ether oxygens (including phenoxy) is 2. The van der Waals surface area contributed by atoms with Gasteiger partial charge in [0.25, 0.3) is 5.91 Å². The molecule has 0 bridgehead atoms. The number of esters is 1. The first kappa shape index (κ1) is 18.3. The van der Waals surface area contributed by atoms with E-state index in [-0.39, 0.29) is 18.4 Å². The zero-order valence-electron chi connectivity index (χ0n) is 15.0. The average Bonchev–Trinajstić information content (AvgIpc) is 3.26. The second kappa shape index (κ2) is 7.52. The first-order valence-corrected chi connectivity index (χ1v) is 10.1. The van der Waals surface area contributed by atoms with Crippen molar-refractivity contribution in [3.63, 3.8) is 0 Å². The fourth-order valence-electron chi connectivity index (χ4n) is 3.95. The maximum absolute atomic E-state index is 12.7. The molecule has 0 N–H and O–H groups in total. The van der Waals surface area contributed by atoms with Crippen LogP contribution in [0.25, 0.3) is 0 Å². The van der Waals surface area contributed by atoms with Crippen molar-refractivity contribution in [2.45, 2.75) is 23.8 Å². The number of hydrogen-bond donors (Lipinski definition) is 0. The third-order valence-corrected chi connectivity index (χ3v) is 6.92. The molecule has 144 valence electrons. The fourth-order valence-corrected chi connectivity index (χ4v) is 5.59. The Morgan fingerprint density at radius 2 is 1.96 bits per heavy atom. The van der Waals surface area contributed by atoms with Crippen molar-refractivity contribution in [3.05, 3.63) is 35.9 Å². The van der Waals surface area contributed by atoms with Gasteiger partial charge in [-0.2, -0.15) is 0 Å². The molecular formula is C19H22N2O5S. The van der Waals surface area contributed by atoms with Crippen LogP contribution >= 0.6 is 11.8 Å². The Kier molecular flexibility index (Phi) is 5.10. The topological polar surface area (TPSA) is 76.1 Å². The number of fused-ring (bicyclic) bond motifs is 1. The molecule has 3 heterocycles. The molecule has 0 aliphatic carbocycles. The number of carbonyl (C=O) groups excluding carboxylic acids is 3. The number of rotatable bonds is 4. The molecule has 7 nitrogen and oxygen atoms in total. The van der Waals surface area contributed by atoms with Crippen LogP contribution in [0.3, 0.4) is 0 Å². The highest BCUT2D eigenvalue weighted by Crippen LogP contribution is 2.54. The molecule has 27 heavy (non-hydrogen) atoms. The van der Waals surface area contributed by atoms with Gasteiger partial charge in [-0.3, -0.25) is 9.59 Å². The molecule has 3 aliphatic rings. The molecule has 0 saturated carbocycles. The van der Waals surface area contributed by atoms with E-state index in [1.165, 1.54) is 0 Å². The molecule has 8 heteroatoms. The van der Waals surface area contributed by atoms with Crippen LogP contribution in [0.15, 0.2) is 30.3 Å². The molecule has 3 saturated heterocycles. The molecule has 0 spiro atoms. The SMILES string of the molecule is O=C(OCC(=O)N1CCOCC1)[C@@H]1CS[C@]2(c3ccccc3)CCC(=O)N12. The fraction of sp³-hybridized carbons (Fsp3) is 0.526. The Labute approximate surface area is 162 Å². The summed E-state index contributed by atoms with van der Waals surface area (Å²) in [5, 5.41) is 0. The minimum Gasteiger partial charge on any atom is -0.454 e. The van der Waals surface area contributed by atoms with Crippen molar-refractivity contribution >= 4 is 29.5 Å². The van der Waals surface area contributed by atoms with Crippen LogP contribution in [0.2, 0.25) is 0 Å². The van der Waals surface area contributed by atoms with Crippen LogP contribution < -0.4 is 0 Å². The first-order chi connectivity index (χ1) is 13.1. The van der Waals surface area contributed by atoms with Gasteiger partial charge in [0.1, 0.15) is 10.9 Å². The monoisotopic (exact) mass is 390 g/mol. The largest absolute Gasteiger partial charge is 0.454 e. The van der Waals surface area contributed by atoms with Crippen molar-refractivity contribution in [2.75, 3.05) is 38.7 Å². The minimum atomic E-state index is -0.650. The van der Waals surface area contributed by atoms with E-state index < -0.39 is 16.9 Å². The predicted molar refractivity (Wildman–Crippen MR) is 98.8 cm³/mol. The van der Waals surface area contributed by atoms with E-state index in [0.29, 0.717) is 44.9 Å². The summed E-state index contributed by atoms with van der Waals surface area (Å²) in [6.07, 6.45) is 1.09. The summed E-state index contributed by atoms with van der Waals surface area (Å²) in [5.74, 6) is -0.285. The summed E-state index contributed by atoms with van der Waals surface area (Å²) in [6, 6.07) is 9.16. The first-order valence-electron chi connectivity index (χ1n) is 9.16. The zero-order valence-corrected chi connectivity index (χ0v) is 15.8. The summed E-state index contributed by atoms with van der Waals surface area (Å²) >= 11 is 1.61. The van der Waals surface area contributed by atoms with Gasteiger partial charge in [0.15, 0.2) is 6.61 Å². The highest BCUT2D eigenvalue weighted by molar-refractivity contribution is 8.00. The van der Waals surface area contributed by atoms with Crippen LogP contribution in [0.5, 0.6) is 0 Å². The Morgan fingerprint density at radius 1 is 1.22 bits per heavy atom. The predicted octanol–water partition coefficient (Wildman–Crippen LogP) is 0.979. The van der Waals surface area contributed by atoms with Gasteiger partial charge in [0.2, 0.25) is 5.91 Å². The maximum atomic E-state index is 12.7. The quantitative estimate of drug-likeness (QED) is 0.714. The lowest BCUT2D eigenvalue weighted by atomic mass is 10.0. The molecule has 3 fully saturated rings. The van der Waals surface area contributed by atoms with Crippen molar-refractivity contribution in [2.24, 2.45) is 0 Å². The van der Waals surface area contributed by atoms with E-state index in [9.17, 15) is 14.4 Å². The minimum absolute atomic E-state index is 0.0368. The molecule has 0 unspecified atom stereocenters. The normalized spacial score (nSPS) is 27.6. The number of hydrogen-bond acceptors (Lipinski definition) is 6. The third-order valence-electron chi connectivity index (χ3n) is 5.33. The third kappa shape index (κ3) is 3.32. The van der Waals surface area contributed by atoms with Gasteiger partial charge in [-0.15, -0.1) is 11.8 Å². The molecule has 2 atom stereocenters. The van der Waals surface area contributed by atoms with E-state index in [2.05, 4.69) is 0 Å². The van der Waals surface area contributed by atoms with Crippen LogP contribution in [-0.2, 0) is 28.7 Å². The molecule has 4 rings (SSSR count). The van der Waals surface area contributed by atoms with Crippen molar-refractivity contribution < 1.29 is 23.9 Å². The molecule has 0 radical (unpaired) electrons. The molecule has 1 aromatic rings. The van der Waals surface area contributed by atoms with E-state index in [4.69, 9.17) is 9.47 Å². The lowest BCUT2D eigenvalue weighted by Crippen LogP contribution is -2.48. The highest BCUT2D eigenvalue weighted by atomic mass is 32.2. The van der Waals surface area contributed by atoms with Gasteiger partial charge in [-0.1, -0.05) is 30.3 Å². The number of nitrogens with zero attached hydrogens (tertiary/aromatic N) is 2. The van der Waals surface area contributed by atoms with E-state index in [1.54, 1.807) is 21.6 Å². The standard InChI is InChI=1S/C19H22N2O5S/c22-16-6-7-19(14-4-2-1-3-5-14)21(16)15(13-27-19)18(24)26-12-17(23)20-8-10-25-11-9-20/h1-5,15H,6-13H2/t15-,19-/m0/s1. The lowest BCUT2D eigenvalue weighted by molar-refractivity contribution is -0.159. The number of morpholine rings is 1. The maximum Gasteiger partial charge on any atom is 0.330 e. The molecule has 0 aromatic heterocycles. The van der Waals surface area contributed by atoms with Crippen LogP contribution in [0.4, 0.5) is 0 Å². The number of thioether (sulfide) groups is 1. The Morgan fingerprint density at radius 3 is 2.70 bits per heavy atom. The zero-order chi connectivity index (χ0) is 18.9. The summed E-state index contributed by atoms with van der Waals surface area (Å²) in [4.78, 5) is 40.2. The summed E-state index contributed by atoms with van der Waals surface area (Å²) in [6.45, 7) is 1.73. The van der Waals surface area contributed by atoms with Gasteiger partial charge < -0.3 is 19.3 Å².